The van der Waals surface area contributed by atoms with E-state index in [1.54, 1.807) is 32.9 Å². The molecule has 0 saturated carbocycles. The lowest BCUT2D eigenvalue weighted by Gasteiger charge is -2.24. The Kier molecular flexibility index (Phi) is 7.23. The molecule has 3 rings (SSSR count). The van der Waals surface area contributed by atoms with Crippen LogP contribution < -0.4 is 10.6 Å². The molecular weight excluding hydrogens is 444 g/mol. The second-order valence-corrected chi connectivity index (χ2v) is 9.00. The van der Waals surface area contributed by atoms with Crippen LogP contribution in [0.4, 0.5) is 15.1 Å². The van der Waals surface area contributed by atoms with Crippen molar-refractivity contribution in [1.82, 2.24) is 20.3 Å². The van der Waals surface area contributed by atoms with Crippen molar-refractivity contribution in [3.05, 3.63) is 51.9 Å². The molecule has 3 N–H and O–H groups in total. The number of pyridine rings is 1. The summed E-state index contributed by atoms with van der Waals surface area (Å²) in [5.74, 6) is -0.123. The highest BCUT2D eigenvalue weighted by Gasteiger charge is 2.20. The van der Waals surface area contributed by atoms with Gasteiger partial charge in [-0.05, 0) is 69.5 Å². The summed E-state index contributed by atoms with van der Waals surface area (Å²) in [6.07, 6.45) is 0.560. The molecule has 1 aromatic carbocycles. The van der Waals surface area contributed by atoms with Crippen LogP contribution in [0.25, 0.3) is 11.2 Å². The van der Waals surface area contributed by atoms with Crippen LogP contribution >= 0.6 is 23.2 Å². The van der Waals surface area contributed by atoms with Crippen LogP contribution in [0.15, 0.2) is 30.3 Å². The van der Waals surface area contributed by atoms with Gasteiger partial charge in [-0.2, -0.15) is 14.4 Å². The number of carbonyl (C=O) groups excluding carboxylic acids is 1. The number of aromatic nitrogens is 3. The van der Waals surface area contributed by atoms with Crippen LogP contribution in [0.2, 0.25) is 10.0 Å². The van der Waals surface area contributed by atoms with Crippen LogP contribution in [0.1, 0.15) is 32.8 Å². The van der Waals surface area contributed by atoms with Gasteiger partial charge in [-0.3, -0.25) is 0 Å². The van der Waals surface area contributed by atoms with E-state index in [4.69, 9.17) is 27.9 Å². The minimum absolute atomic E-state index is 0.253. The van der Waals surface area contributed by atoms with E-state index < -0.39 is 17.6 Å². The molecular formula is C21H24Cl2FN5O2. The molecule has 2 heterocycles. The molecule has 0 saturated heterocycles. The molecule has 0 aliphatic heterocycles. The number of halogens is 3. The SMILES string of the molecule is CC(C)(C)OC(=O)NC(CCNc1nc2nc(F)ccc2[nH]1)Cc1cc(Cl)cc(Cl)c1. The third-order valence-electron chi connectivity index (χ3n) is 4.22. The van der Waals surface area contributed by atoms with Crippen LogP contribution in [-0.4, -0.2) is 39.2 Å². The molecule has 1 atom stereocenters. The van der Waals surface area contributed by atoms with Crippen molar-refractivity contribution in [2.75, 3.05) is 11.9 Å². The zero-order valence-corrected chi connectivity index (χ0v) is 18.9. The normalized spacial score (nSPS) is 12.6. The van der Waals surface area contributed by atoms with Crippen molar-refractivity contribution in [3.8, 4) is 0 Å². The van der Waals surface area contributed by atoms with Crippen molar-refractivity contribution in [2.45, 2.75) is 45.3 Å². The molecule has 31 heavy (non-hydrogen) atoms. The van der Waals surface area contributed by atoms with Gasteiger partial charge >= 0.3 is 6.09 Å². The molecule has 0 fully saturated rings. The minimum atomic E-state index is -0.608. The summed E-state index contributed by atoms with van der Waals surface area (Å²) in [5, 5.41) is 7.10. The molecule has 1 unspecified atom stereocenters. The van der Waals surface area contributed by atoms with Gasteiger partial charge in [-0.25, -0.2) is 4.79 Å². The second-order valence-electron chi connectivity index (χ2n) is 8.13. The topological polar surface area (TPSA) is 91.9 Å². The highest BCUT2D eigenvalue weighted by Crippen LogP contribution is 2.21. The Morgan fingerprint density at radius 2 is 1.90 bits per heavy atom. The van der Waals surface area contributed by atoms with Crippen LogP contribution in [0, 0.1) is 5.95 Å². The number of nitrogens with zero attached hydrogens (tertiary/aromatic N) is 2. The van der Waals surface area contributed by atoms with E-state index in [0.717, 1.165) is 5.56 Å². The number of benzene rings is 1. The Labute approximate surface area is 189 Å². The van der Waals surface area contributed by atoms with Gasteiger partial charge < -0.3 is 20.4 Å². The summed E-state index contributed by atoms with van der Waals surface area (Å²) in [7, 11) is 0. The molecule has 0 aliphatic rings. The first-order chi connectivity index (χ1) is 14.6. The Morgan fingerprint density at radius 1 is 1.19 bits per heavy atom. The van der Waals surface area contributed by atoms with E-state index in [1.807, 2.05) is 12.1 Å². The predicted molar refractivity (Wildman–Crippen MR) is 120 cm³/mol. The van der Waals surface area contributed by atoms with Gasteiger partial charge in [0.25, 0.3) is 0 Å². The van der Waals surface area contributed by atoms with E-state index in [-0.39, 0.29) is 6.04 Å². The molecule has 0 radical (unpaired) electrons. The van der Waals surface area contributed by atoms with Crippen molar-refractivity contribution in [1.29, 1.82) is 0 Å². The van der Waals surface area contributed by atoms with Gasteiger partial charge in [0.1, 0.15) is 5.60 Å². The maximum absolute atomic E-state index is 13.3. The van der Waals surface area contributed by atoms with E-state index in [0.29, 0.717) is 46.5 Å². The second kappa shape index (κ2) is 9.70. The summed E-state index contributed by atoms with van der Waals surface area (Å²) >= 11 is 12.2. The number of hydrogen-bond acceptors (Lipinski definition) is 5. The number of H-pyrrole nitrogens is 1. The number of alkyl carbamates (subject to hydrolysis) is 1. The molecule has 10 heteroatoms. The minimum Gasteiger partial charge on any atom is -0.444 e. The largest absolute Gasteiger partial charge is 0.444 e. The van der Waals surface area contributed by atoms with Crippen molar-refractivity contribution < 1.29 is 13.9 Å². The number of imidazole rings is 1. The number of amides is 1. The average molecular weight is 468 g/mol. The molecule has 2 aromatic heterocycles. The summed E-state index contributed by atoms with van der Waals surface area (Å²) in [6, 6.07) is 7.86. The van der Waals surface area contributed by atoms with Crippen molar-refractivity contribution in [3.63, 3.8) is 0 Å². The molecule has 0 aliphatic carbocycles. The summed E-state index contributed by atoms with van der Waals surface area (Å²) in [4.78, 5) is 23.3. The number of carbonyl (C=O) groups is 1. The Morgan fingerprint density at radius 3 is 2.58 bits per heavy atom. The van der Waals surface area contributed by atoms with Gasteiger partial charge in [0.15, 0.2) is 5.65 Å². The number of rotatable bonds is 7. The molecule has 0 bridgehead atoms. The number of aromatic amines is 1. The van der Waals surface area contributed by atoms with Gasteiger partial charge in [0.2, 0.25) is 11.9 Å². The van der Waals surface area contributed by atoms with E-state index in [2.05, 4.69) is 25.6 Å². The van der Waals surface area contributed by atoms with Crippen molar-refractivity contribution >= 4 is 46.4 Å². The Bertz CT molecular complexity index is 1050. The third kappa shape index (κ3) is 7.25. The lowest BCUT2D eigenvalue weighted by molar-refractivity contribution is 0.0502. The monoisotopic (exact) mass is 467 g/mol. The first-order valence-corrected chi connectivity index (χ1v) is 10.5. The quantitative estimate of drug-likeness (QED) is 0.407. The lowest BCUT2D eigenvalue weighted by Crippen LogP contribution is -2.41. The van der Waals surface area contributed by atoms with E-state index in [9.17, 15) is 9.18 Å². The standard InChI is InChI=1S/C21H24Cl2FN5O2/c1-21(2,3)31-20(30)26-15(10-12-8-13(22)11-14(23)9-12)6-7-25-19-27-16-4-5-17(24)28-18(16)29-19/h4-5,8-9,11,15H,6-7,10H2,1-3H3,(H,26,30)(H2,25,27,28,29). The number of ether oxygens (including phenoxy) is 1. The zero-order valence-electron chi connectivity index (χ0n) is 17.4. The first-order valence-electron chi connectivity index (χ1n) is 9.78. The predicted octanol–water partition coefficient (Wildman–Crippen LogP) is 5.34. The van der Waals surface area contributed by atoms with Gasteiger partial charge in [0.05, 0.1) is 5.52 Å². The molecule has 0 spiro atoms. The fourth-order valence-corrected chi connectivity index (χ4v) is 3.60. The number of nitrogens with one attached hydrogen (secondary N) is 3. The van der Waals surface area contributed by atoms with Crippen LogP contribution in [0.5, 0.6) is 0 Å². The van der Waals surface area contributed by atoms with Crippen LogP contribution in [0.3, 0.4) is 0 Å². The fourth-order valence-electron chi connectivity index (χ4n) is 3.03. The summed E-state index contributed by atoms with van der Waals surface area (Å²) in [6.45, 7) is 5.89. The van der Waals surface area contributed by atoms with Crippen molar-refractivity contribution in [2.24, 2.45) is 0 Å². The van der Waals surface area contributed by atoms with Gasteiger partial charge in [0, 0.05) is 22.6 Å². The van der Waals surface area contributed by atoms with Crippen LogP contribution in [-0.2, 0) is 11.2 Å². The number of fused-ring (bicyclic) bond motifs is 1. The summed E-state index contributed by atoms with van der Waals surface area (Å²) < 4.78 is 18.6. The smallest absolute Gasteiger partial charge is 0.407 e. The number of hydrogen-bond donors (Lipinski definition) is 3. The zero-order chi connectivity index (χ0) is 22.6. The Balaban J connectivity index is 1.66. The fraction of sp³-hybridized carbons (Fsp3) is 0.381. The third-order valence-corrected chi connectivity index (χ3v) is 4.66. The highest BCUT2D eigenvalue weighted by atomic mass is 35.5. The maximum atomic E-state index is 13.3. The van der Waals surface area contributed by atoms with E-state index >= 15 is 0 Å². The molecule has 3 aromatic rings. The van der Waals surface area contributed by atoms with E-state index in [1.165, 1.54) is 6.07 Å². The highest BCUT2D eigenvalue weighted by molar-refractivity contribution is 6.34. The maximum Gasteiger partial charge on any atom is 0.407 e. The molecule has 166 valence electrons. The summed E-state index contributed by atoms with van der Waals surface area (Å²) in [5.41, 5.74) is 1.20. The average Bonchev–Trinajstić information content (AvgIpc) is 3.00. The van der Waals surface area contributed by atoms with Gasteiger partial charge in [-0.1, -0.05) is 23.2 Å². The lowest BCUT2D eigenvalue weighted by atomic mass is 10.0. The first kappa shape index (κ1) is 23.1. The Hall–Kier alpha value is -2.58. The van der Waals surface area contributed by atoms with Gasteiger partial charge in [-0.15, -0.1) is 0 Å². The molecule has 1 amide bonds. The number of anilines is 1. The molecule has 7 nitrogen and oxygen atoms in total.